The van der Waals surface area contributed by atoms with Crippen molar-refractivity contribution in [2.45, 2.75) is 18.8 Å². The predicted octanol–water partition coefficient (Wildman–Crippen LogP) is 4.12. The molecule has 0 unspecified atom stereocenters. The van der Waals surface area contributed by atoms with Crippen LogP contribution >= 0.6 is 15.9 Å². The third-order valence-electron chi connectivity index (χ3n) is 2.66. The maximum Gasteiger partial charge on any atom is 0.197 e. The first-order valence-corrected chi connectivity index (χ1v) is 5.94. The van der Waals surface area contributed by atoms with Gasteiger partial charge in [0.2, 0.25) is 0 Å². The van der Waals surface area contributed by atoms with Crippen LogP contribution in [0.15, 0.2) is 33.4 Å². The molecule has 1 aliphatic rings. The molecule has 0 amide bonds. The van der Waals surface area contributed by atoms with E-state index in [9.17, 15) is 4.39 Å². The summed E-state index contributed by atoms with van der Waals surface area (Å²) in [4.78, 5) is 4.40. The Hall–Kier alpha value is -1.16. The lowest BCUT2D eigenvalue weighted by Crippen LogP contribution is -1.83. The van der Waals surface area contributed by atoms with Crippen LogP contribution in [0.1, 0.15) is 24.7 Å². The minimum absolute atomic E-state index is 0.269. The van der Waals surface area contributed by atoms with Crippen molar-refractivity contribution in [2.75, 3.05) is 0 Å². The number of benzene rings is 1. The van der Waals surface area contributed by atoms with Gasteiger partial charge in [-0.3, -0.25) is 0 Å². The molecular weight excluding hydrogens is 273 g/mol. The molecule has 2 nitrogen and oxygen atoms in total. The van der Waals surface area contributed by atoms with Crippen molar-refractivity contribution in [3.05, 3.63) is 40.6 Å². The molecule has 0 N–H and O–H groups in total. The van der Waals surface area contributed by atoms with E-state index in [0.29, 0.717) is 10.4 Å². The zero-order valence-corrected chi connectivity index (χ0v) is 10.00. The molecule has 1 aromatic carbocycles. The number of oxazole rings is 1. The Labute approximate surface area is 101 Å². The lowest BCUT2D eigenvalue weighted by atomic mass is 10.2. The molecule has 16 heavy (non-hydrogen) atoms. The van der Waals surface area contributed by atoms with Gasteiger partial charge in [-0.05, 0) is 47.0 Å². The molecule has 82 valence electrons. The molecule has 0 aliphatic heterocycles. The van der Waals surface area contributed by atoms with Gasteiger partial charge < -0.3 is 4.42 Å². The van der Waals surface area contributed by atoms with Gasteiger partial charge in [-0.15, -0.1) is 0 Å². The van der Waals surface area contributed by atoms with Crippen molar-refractivity contribution in [1.82, 2.24) is 4.98 Å². The second kappa shape index (κ2) is 3.70. The molecule has 3 rings (SSSR count). The summed E-state index contributed by atoms with van der Waals surface area (Å²) in [6, 6.07) is 4.84. The first kappa shape index (κ1) is 10.0. The molecule has 1 aliphatic carbocycles. The van der Waals surface area contributed by atoms with Crippen molar-refractivity contribution in [2.24, 2.45) is 0 Å². The van der Waals surface area contributed by atoms with Gasteiger partial charge in [-0.2, -0.15) is 0 Å². The van der Waals surface area contributed by atoms with Crippen LogP contribution in [0.5, 0.6) is 0 Å². The average molecular weight is 282 g/mol. The van der Waals surface area contributed by atoms with Crippen LogP contribution in [0, 0.1) is 5.82 Å². The third kappa shape index (κ3) is 1.78. The van der Waals surface area contributed by atoms with Crippen LogP contribution < -0.4 is 0 Å². The standard InChI is InChI=1S/C12H9BrFNO/c13-9-5-8(3-4-10(9)14)11-6-16-12(15-11)7-1-2-7/h3-7H,1-2H2. The topological polar surface area (TPSA) is 26.0 Å². The van der Waals surface area contributed by atoms with Gasteiger partial charge >= 0.3 is 0 Å². The van der Waals surface area contributed by atoms with E-state index in [1.807, 2.05) is 0 Å². The van der Waals surface area contributed by atoms with Gasteiger partial charge in [0.05, 0.1) is 4.47 Å². The van der Waals surface area contributed by atoms with Gasteiger partial charge in [0.15, 0.2) is 5.89 Å². The minimum Gasteiger partial charge on any atom is -0.448 e. The van der Waals surface area contributed by atoms with E-state index in [1.54, 1.807) is 18.4 Å². The Morgan fingerprint density at radius 1 is 1.38 bits per heavy atom. The van der Waals surface area contributed by atoms with E-state index in [-0.39, 0.29) is 5.82 Å². The SMILES string of the molecule is Fc1ccc(-c2coc(C3CC3)n2)cc1Br. The van der Waals surface area contributed by atoms with Crippen LogP contribution in [0.2, 0.25) is 0 Å². The molecule has 0 radical (unpaired) electrons. The second-order valence-electron chi connectivity index (χ2n) is 3.97. The van der Waals surface area contributed by atoms with E-state index >= 15 is 0 Å². The van der Waals surface area contributed by atoms with Crippen molar-refractivity contribution in [3.63, 3.8) is 0 Å². The van der Waals surface area contributed by atoms with Crippen LogP contribution in [0.25, 0.3) is 11.3 Å². The van der Waals surface area contributed by atoms with E-state index in [2.05, 4.69) is 20.9 Å². The summed E-state index contributed by atoms with van der Waals surface area (Å²) in [5, 5.41) is 0. The zero-order chi connectivity index (χ0) is 11.1. The predicted molar refractivity (Wildman–Crippen MR) is 61.6 cm³/mol. The molecule has 0 spiro atoms. The average Bonchev–Trinajstić information content (AvgIpc) is 3.01. The lowest BCUT2D eigenvalue weighted by Gasteiger charge is -1.97. The highest BCUT2D eigenvalue weighted by atomic mass is 79.9. The summed E-state index contributed by atoms with van der Waals surface area (Å²) in [7, 11) is 0. The smallest absolute Gasteiger partial charge is 0.197 e. The van der Waals surface area contributed by atoms with Gasteiger partial charge in [0.1, 0.15) is 17.8 Å². The number of hydrogen-bond donors (Lipinski definition) is 0. The Bertz CT molecular complexity index is 534. The highest BCUT2D eigenvalue weighted by molar-refractivity contribution is 9.10. The number of hydrogen-bond acceptors (Lipinski definition) is 2. The van der Waals surface area contributed by atoms with E-state index in [0.717, 1.165) is 30.0 Å². The summed E-state index contributed by atoms with van der Waals surface area (Å²) < 4.78 is 18.9. The molecule has 1 saturated carbocycles. The monoisotopic (exact) mass is 281 g/mol. The van der Waals surface area contributed by atoms with Gasteiger partial charge in [-0.1, -0.05) is 0 Å². The summed E-state index contributed by atoms with van der Waals surface area (Å²) >= 11 is 3.16. The third-order valence-corrected chi connectivity index (χ3v) is 3.27. The van der Waals surface area contributed by atoms with Crippen molar-refractivity contribution in [3.8, 4) is 11.3 Å². The van der Waals surface area contributed by atoms with Crippen molar-refractivity contribution in [1.29, 1.82) is 0 Å². The van der Waals surface area contributed by atoms with Crippen LogP contribution in [-0.2, 0) is 0 Å². The largest absolute Gasteiger partial charge is 0.448 e. The molecule has 2 aromatic rings. The first-order valence-electron chi connectivity index (χ1n) is 5.15. The second-order valence-corrected chi connectivity index (χ2v) is 4.83. The number of aromatic nitrogens is 1. The van der Waals surface area contributed by atoms with Crippen LogP contribution in [0.3, 0.4) is 0 Å². The van der Waals surface area contributed by atoms with Crippen molar-refractivity contribution >= 4 is 15.9 Å². The van der Waals surface area contributed by atoms with E-state index < -0.39 is 0 Å². The molecule has 0 saturated heterocycles. The fourth-order valence-electron chi connectivity index (χ4n) is 1.59. The Balaban J connectivity index is 1.97. The van der Waals surface area contributed by atoms with Gasteiger partial charge in [0, 0.05) is 11.5 Å². The quantitative estimate of drug-likeness (QED) is 0.828. The molecule has 1 heterocycles. The molecule has 0 bridgehead atoms. The maximum atomic E-state index is 13.1. The van der Waals surface area contributed by atoms with E-state index in [1.165, 1.54) is 6.07 Å². The zero-order valence-electron chi connectivity index (χ0n) is 8.41. The molecule has 4 heteroatoms. The van der Waals surface area contributed by atoms with Crippen LogP contribution in [-0.4, -0.2) is 4.98 Å². The highest BCUT2D eigenvalue weighted by Gasteiger charge is 2.28. The summed E-state index contributed by atoms with van der Waals surface area (Å²) in [5.74, 6) is 1.03. The molecular formula is C12H9BrFNO. The number of nitrogens with zero attached hydrogens (tertiary/aromatic N) is 1. The lowest BCUT2D eigenvalue weighted by molar-refractivity contribution is 0.497. The molecule has 1 aromatic heterocycles. The fraction of sp³-hybridized carbons (Fsp3) is 0.250. The Kier molecular flexibility index (Phi) is 2.32. The highest BCUT2D eigenvalue weighted by Crippen LogP contribution is 2.40. The first-order chi connectivity index (χ1) is 7.74. The Morgan fingerprint density at radius 3 is 2.88 bits per heavy atom. The molecule has 0 atom stereocenters. The maximum absolute atomic E-state index is 13.1. The summed E-state index contributed by atoms with van der Waals surface area (Å²) in [5.41, 5.74) is 1.63. The summed E-state index contributed by atoms with van der Waals surface area (Å²) in [6.45, 7) is 0. The van der Waals surface area contributed by atoms with Crippen LogP contribution in [0.4, 0.5) is 4.39 Å². The molecule has 1 fully saturated rings. The summed E-state index contributed by atoms with van der Waals surface area (Å²) in [6.07, 6.45) is 3.95. The number of halogens is 2. The Morgan fingerprint density at radius 2 is 2.19 bits per heavy atom. The minimum atomic E-state index is -0.269. The fourth-order valence-corrected chi connectivity index (χ4v) is 1.97. The normalized spacial score (nSPS) is 15.4. The van der Waals surface area contributed by atoms with Gasteiger partial charge in [-0.25, -0.2) is 9.37 Å². The van der Waals surface area contributed by atoms with Gasteiger partial charge in [0.25, 0.3) is 0 Å². The van der Waals surface area contributed by atoms with E-state index in [4.69, 9.17) is 4.42 Å². The van der Waals surface area contributed by atoms with Crippen molar-refractivity contribution < 1.29 is 8.81 Å². The number of rotatable bonds is 2.